The van der Waals surface area contributed by atoms with Crippen molar-refractivity contribution in [2.24, 2.45) is 0 Å². The van der Waals surface area contributed by atoms with Gasteiger partial charge in [0.2, 0.25) is 11.8 Å². The van der Waals surface area contributed by atoms with Crippen LogP contribution in [-0.4, -0.2) is 25.0 Å². The highest BCUT2D eigenvalue weighted by molar-refractivity contribution is 6.09. The van der Waals surface area contributed by atoms with Crippen LogP contribution in [0.2, 0.25) is 0 Å². The number of carbonyl (C=O) groups is 2. The van der Waals surface area contributed by atoms with E-state index in [1.807, 2.05) is 44.2 Å². The minimum atomic E-state index is -0.183. The van der Waals surface area contributed by atoms with Gasteiger partial charge in [-0.3, -0.25) is 9.59 Å². The topological polar surface area (TPSA) is 58.6 Å². The second kappa shape index (κ2) is 6.74. The van der Waals surface area contributed by atoms with E-state index in [1.54, 1.807) is 6.07 Å². The van der Waals surface area contributed by atoms with Crippen molar-refractivity contribution in [3.05, 3.63) is 53.6 Å². The third-order valence-corrected chi connectivity index (χ3v) is 3.85. The zero-order valence-electron chi connectivity index (χ0n) is 13.8. The number of fused-ring (bicyclic) bond motifs is 1. The summed E-state index contributed by atoms with van der Waals surface area (Å²) in [5, 5.41) is 2.78. The van der Waals surface area contributed by atoms with Crippen LogP contribution >= 0.6 is 0 Å². The Bertz CT molecular complexity index is 766. The van der Waals surface area contributed by atoms with E-state index in [0.717, 1.165) is 22.6 Å². The number of hydrogen-bond acceptors (Lipinski definition) is 3. The van der Waals surface area contributed by atoms with E-state index in [9.17, 15) is 9.59 Å². The second-order valence-electron chi connectivity index (χ2n) is 5.97. The molecule has 5 heteroatoms. The predicted octanol–water partition coefficient (Wildman–Crippen LogP) is 3.06. The second-order valence-corrected chi connectivity index (χ2v) is 5.97. The number of anilines is 2. The van der Waals surface area contributed by atoms with Gasteiger partial charge in [0.25, 0.3) is 0 Å². The van der Waals surface area contributed by atoms with Crippen molar-refractivity contribution in [3.63, 3.8) is 0 Å². The smallest absolute Gasteiger partial charge is 0.244 e. The van der Waals surface area contributed by atoms with E-state index in [4.69, 9.17) is 4.74 Å². The summed E-state index contributed by atoms with van der Waals surface area (Å²) in [6.45, 7) is 4.34. The number of ether oxygens (including phenoxy) is 1. The van der Waals surface area contributed by atoms with Crippen molar-refractivity contribution in [3.8, 4) is 5.75 Å². The molecule has 1 aliphatic rings. The molecule has 0 atom stereocenters. The average Bonchev–Trinajstić information content (AvgIpc) is 2.53. The summed E-state index contributed by atoms with van der Waals surface area (Å²) in [7, 11) is 0. The molecular formula is C19H20N2O3. The lowest BCUT2D eigenvalue weighted by molar-refractivity contribution is -0.122. The third kappa shape index (κ3) is 3.56. The van der Waals surface area contributed by atoms with Crippen LogP contribution < -0.4 is 15.0 Å². The molecule has 0 bridgehead atoms. The number of para-hydroxylation sites is 2. The molecule has 2 amide bonds. The average molecular weight is 324 g/mol. The number of hydrogen-bond donors (Lipinski definition) is 1. The summed E-state index contributed by atoms with van der Waals surface area (Å²) < 4.78 is 5.70. The lowest BCUT2D eigenvalue weighted by atomic mass is 10.1. The zero-order valence-corrected chi connectivity index (χ0v) is 13.8. The molecule has 1 N–H and O–H groups in total. The number of benzene rings is 2. The minimum absolute atomic E-state index is 0.0411. The van der Waals surface area contributed by atoms with Crippen LogP contribution in [0.1, 0.15) is 17.5 Å². The Morgan fingerprint density at radius 1 is 1.17 bits per heavy atom. The molecule has 0 saturated heterocycles. The van der Waals surface area contributed by atoms with Crippen molar-refractivity contribution in [1.82, 2.24) is 0 Å². The molecule has 2 aromatic carbocycles. The van der Waals surface area contributed by atoms with Gasteiger partial charge >= 0.3 is 0 Å². The third-order valence-electron chi connectivity index (χ3n) is 3.85. The van der Waals surface area contributed by atoms with E-state index in [-0.39, 0.29) is 31.4 Å². The standard InChI is InChI=1S/C19H20N2O3/c1-13-9-14(2)11-15(10-13)24-8-7-19(23)21-12-18(22)20-16-5-3-4-6-17(16)21/h3-6,9-11H,7-8,12H2,1-2H3,(H,20,22). The van der Waals surface area contributed by atoms with Crippen LogP contribution in [0.15, 0.2) is 42.5 Å². The molecule has 0 spiro atoms. The monoisotopic (exact) mass is 324 g/mol. The molecule has 5 nitrogen and oxygen atoms in total. The van der Waals surface area contributed by atoms with Gasteiger partial charge in [-0.05, 0) is 49.2 Å². The van der Waals surface area contributed by atoms with Gasteiger partial charge in [-0.25, -0.2) is 0 Å². The van der Waals surface area contributed by atoms with Crippen molar-refractivity contribution in [2.75, 3.05) is 23.4 Å². The Morgan fingerprint density at radius 2 is 1.88 bits per heavy atom. The van der Waals surface area contributed by atoms with Gasteiger partial charge in [0, 0.05) is 0 Å². The van der Waals surface area contributed by atoms with Crippen molar-refractivity contribution >= 4 is 23.2 Å². The fraction of sp³-hybridized carbons (Fsp3) is 0.263. The molecule has 0 radical (unpaired) electrons. The SMILES string of the molecule is Cc1cc(C)cc(OCCC(=O)N2CC(=O)Nc3ccccc32)c1. The van der Waals surface area contributed by atoms with E-state index in [1.165, 1.54) is 4.90 Å². The summed E-state index contributed by atoms with van der Waals surface area (Å²) in [6.07, 6.45) is 0.217. The van der Waals surface area contributed by atoms with Crippen LogP contribution in [0.4, 0.5) is 11.4 Å². The summed E-state index contributed by atoms with van der Waals surface area (Å²) in [5.41, 5.74) is 3.64. The number of carbonyl (C=O) groups excluding carboxylic acids is 2. The number of rotatable bonds is 4. The largest absolute Gasteiger partial charge is 0.493 e. The van der Waals surface area contributed by atoms with Crippen molar-refractivity contribution in [2.45, 2.75) is 20.3 Å². The maximum Gasteiger partial charge on any atom is 0.244 e. The normalized spacial score (nSPS) is 13.2. The Balaban J connectivity index is 1.64. The molecule has 0 saturated carbocycles. The van der Waals surface area contributed by atoms with Gasteiger partial charge in [0.15, 0.2) is 0 Å². The molecule has 2 aromatic rings. The quantitative estimate of drug-likeness (QED) is 0.940. The Hall–Kier alpha value is -2.82. The maximum absolute atomic E-state index is 12.5. The predicted molar refractivity (Wildman–Crippen MR) is 93.5 cm³/mol. The molecule has 0 fully saturated rings. The molecule has 24 heavy (non-hydrogen) atoms. The van der Waals surface area contributed by atoms with Crippen LogP contribution in [0.5, 0.6) is 5.75 Å². The first-order chi connectivity index (χ1) is 11.5. The highest BCUT2D eigenvalue weighted by Gasteiger charge is 2.26. The summed E-state index contributed by atoms with van der Waals surface area (Å²) >= 11 is 0. The Labute approximate surface area is 141 Å². The van der Waals surface area contributed by atoms with Gasteiger partial charge in [0.05, 0.1) is 24.4 Å². The van der Waals surface area contributed by atoms with Crippen LogP contribution in [0, 0.1) is 13.8 Å². The number of amides is 2. The van der Waals surface area contributed by atoms with Gasteiger partial charge in [-0.15, -0.1) is 0 Å². The van der Waals surface area contributed by atoms with Gasteiger partial charge < -0.3 is 15.0 Å². The van der Waals surface area contributed by atoms with E-state index in [2.05, 4.69) is 11.4 Å². The fourth-order valence-corrected chi connectivity index (χ4v) is 2.86. The zero-order chi connectivity index (χ0) is 17.1. The van der Waals surface area contributed by atoms with E-state index >= 15 is 0 Å². The number of aryl methyl sites for hydroxylation is 2. The minimum Gasteiger partial charge on any atom is -0.493 e. The molecule has 0 unspecified atom stereocenters. The summed E-state index contributed by atoms with van der Waals surface area (Å²) in [5.74, 6) is 0.455. The first kappa shape index (κ1) is 16.1. The molecular weight excluding hydrogens is 304 g/mol. The summed E-state index contributed by atoms with van der Waals surface area (Å²) in [4.78, 5) is 25.8. The Kier molecular flexibility index (Phi) is 4.51. The molecule has 124 valence electrons. The molecule has 0 aliphatic carbocycles. The first-order valence-corrected chi connectivity index (χ1v) is 7.93. The molecule has 3 rings (SSSR count). The van der Waals surface area contributed by atoms with Crippen LogP contribution in [-0.2, 0) is 9.59 Å². The fourth-order valence-electron chi connectivity index (χ4n) is 2.86. The number of nitrogens with one attached hydrogen (secondary N) is 1. The number of nitrogens with zero attached hydrogens (tertiary/aromatic N) is 1. The first-order valence-electron chi connectivity index (χ1n) is 7.93. The molecule has 1 heterocycles. The van der Waals surface area contributed by atoms with Crippen molar-refractivity contribution in [1.29, 1.82) is 0 Å². The highest BCUT2D eigenvalue weighted by atomic mass is 16.5. The van der Waals surface area contributed by atoms with E-state index in [0.29, 0.717) is 5.69 Å². The van der Waals surface area contributed by atoms with Gasteiger partial charge in [-0.2, -0.15) is 0 Å². The van der Waals surface area contributed by atoms with E-state index < -0.39 is 0 Å². The summed E-state index contributed by atoms with van der Waals surface area (Å²) in [6, 6.07) is 13.3. The van der Waals surface area contributed by atoms with Crippen LogP contribution in [0.25, 0.3) is 0 Å². The maximum atomic E-state index is 12.5. The van der Waals surface area contributed by atoms with Crippen LogP contribution in [0.3, 0.4) is 0 Å². The molecule has 1 aliphatic heterocycles. The Morgan fingerprint density at radius 3 is 2.62 bits per heavy atom. The lowest BCUT2D eigenvalue weighted by Crippen LogP contribution is -2.42. The molecule has 0 aromatic heterocycles. The van der Waals surface area contributed by atoms with Gasteiger partial charge in [-0.1, -0.05) is 18.2 Å². The highest BCUT2D eigenvalue weighted by Crippen LogP contribution is 2.29. The van der Waals surface area contributed by atoms with Gasteiger partial charge in [0.1, 0.15) is 12.3 Å². The van der Waals surface area contributed by atoms with Crippen molar-refractivity contribution < 1.29 is 14.3 Å². The lowest BCUT2D eigenvalue weighted by Gasteiger charge is -2.29.